The second-order valence-electron chi connectivity index (χ2n) is 7.90. The van der Waals surface area contributed by atoms with Crippen LogP contribution in [0, 0.1) is 0 Å². The first-order chi connectivity index (χ1) is 13.8. The summed E-state index contributed by atoms with van der Waals surface area (Å²) < 4.78 is 5.12. The van der Waals surface area contributed by atoms with E-state index in [1.807, 2.05) is 0 Å². The molecule has 1 saturated carbocycles. The Morgan fingerprint density at radius 1 is 1.10 bits per heavy atom. The largest absolute Gasteiger partial charge is 0.459 e. The van der Waals surface area contributed by atoms with Gasteiger partial charge in [0.2, 0.25) is 5.91 Å². The number of esters is 1. The number of carbonyl (C=O) groups excluding carboxylic acids is 4. The Bertz CT molecular complexity index is 795. The van der Waals surface area contributed by atoms with Crippen LogP contribution in [-0.2, 0) is 14.3 Å². The third-order valence-corrected chi connectivity index (χ3v) is 5.25. The Morgan fingerprint density at radius 3 is 2.31 bits per heavy atom. The highest BCUT2D eigenvalue weighted by Gasteiger charge is 2.51. The fourth-order valence-electron chi connectivity index (χ4n) is 3.81. The van der Waals surface area contributed by atoms with Crippen molar-refractivity contribution in [1.82, 2.24) is 10.2 Å². The highest BCUT2D eigenvalue weighted by Crippen LogP contribution is 2.32. The van der Waals surface area contributed by atoms with E-state index in [9.17, 15) is 19.2 Å². The molecular weight excluding hydrogens is 374 g/mol. The molecular formula is C21H27N3O5. The summed E-state index contributed by atoms with van der Waals surface area (Å²) in [4.78, 5) is 50.4. The van der Waals surface area contributed by atoms with Crippen LogP contribution in [0.2, 0.25) is 0 Å². The molecule has 0 unspecified atom stereocenters. The van der Waals surface area contributed by atoms with Crippen LogP contribution in [0.15, 0.2) is 24.3 Å². The quantitative estimate of drug-likeness (QED) is 0.583. The Hall–Kier alpha value is -2.90. The highest BCUT2D eigenvalue weighted by atomic mass is 16.5. The van der Waals surface area contributed by atoms with Crippen LogP contribution < -0.4 is 10.6 Å². The lowest BCUT2D eigenvalue weighted by Crippen LogP contribution is -2.47. The van der Waals surface area contributed by atoms with Gasteiger partial charge in [-0.15, -0.1) is 0 Å². The van der Waals surface area contributed by atoms with Crippen molar-refractivity contribution in [3.05, 3.63) is 29.8 Å². The lowest BCUT2D eigenvalue weighted by Gasteiger charge is -2.24. The second-order valence-corrected chi connectivity index (χ2v) is 7.90. The third-order valence-electron chi connectivity index (χ3n) is 5.25. The topological polar surface area (TPSA) is 105 Å². The van der Waals surface area contributed by atoms with Gasteiger partial charge in [0.15, 0.2) is 0 Å². The number of hydrogen-bond donors (Lipinski definition) is 2. The van der Waals surface area contributed by atoms with Crippen molar-refractivity contribution < 1.29 is 23.9 Å². The standard InChI is InChI=1S/C21H27N3O5/c1-14(2)29-18(26)15-7-9-16(10-8-15)22-17(25)13-24-19(27)21(23-20(24)28)11-5-3-4-6-12-21/h7-10,14H,3-6,11-13H2,1-2H3,(H,22,25)(H,23,28). The van der Waals surface area contributed by atoms with Gasteiger partial charge in [0.05, 0.1) is 11.7 Å². The summed E-state index contributed by atoms with van der Waals surface area (Å²) in [6.45, 7) is 3.19. The molecule has 2 N–H and O–H groups in total. The Kier molecular flexibility index (Phi) is 6.20. The van der Waals surface area contributed by atoms with E-state index in [0.717, 1.165) is 30.6 Å². The lowest BCUT2D eigenvalue weighted by molar-refractivity contribution is -0.134. The number of urea groups is 1. The molecule has 3 rings (SSSR count). The number of imide groups is 1. The van der Waals surface area contributed by atoms with Gasteiger partial charge in [0, 0.05) is 5.69 Å². The number of ether oxygens (including phenoxy) is 1. The maximum atomic E-state index is 12.9. The third kappa shape index (κ3) is 4.75. The van der Waals surface area contributed by atoms with Crippen molar-refractivity contribution >= 4 is 29.5 Å². The van der Waals surface area contributed by atoms with Crippen molar-refractivity contribution in [2.45, 2.75) is 64.0 Å². The van der Waals surface area contributed by atoms with Gasteiger partial charge in [0.1, 0.15) is 12.1 Å². The number of nitrogens with one attached hydrogen (secondary N) is 2. The molecule has 156 valence electrons. The molecule has 1 aromatic carbocycles. The van der Waals surface area contributed by atoms with Gasteiger partial charge in [-0.25, -0.2) is 9.59 Å². The van der Waals surface area contributed by atoms with Gasteiger partial charge in [-0.05, 0) is 51.0 Å². The first-order valence-corrected chi connectivity index (χ1v) is 10.1. The molecule has 29 heavy (non-hydrogen) atoms. The van der Waals surface area contributed by atoms with Crippen molar-refractivity contribution in [3.63, 3.8) is 0 Å². The number of amides is 4. The van der Waals surface area contributed by atoms with Gasteiger partial charge >= 0.3 is 12.0 Å². The summed E-state index contributed by atoms with van der Waals surface area (Å²) in [7, 11) is 0. The Labute approximate surface area is 170 Å². The lowest BCUT2D eigenvalue weighted by atomic mass is 9.90. The maximum Gasteiger partial charge on any atom is 0.338 e. The average Bonchev–Trinajstić information content (AvgIpc) is 2.83. The fourth-order valence-corrected chi connectivity index (χ4v) is 3.81. The summed E-state index contributed by atoms with van der Waals surface area (Å²) in [5, 5.41) is 5.48. The zero-order valence-corrected chi connectivity index (χ0v) is 16.8. The van der Waals surface area contributed by atoms with Gasteiger partial charge in [0.25, 0.3) is 5.91 Å². The first kappa shape index (κ1) is 20.8. The van der Waals surface area contributed by atoms with Crippen LogP contribution in [0.5, 0.6) is 0 Å². The summed E-state index contributed by atoms with van der Waals surface area (Å²) in [6, 6.07) is 5.74. The molecule has 1 saturated heterocycles. The van der Waals surface area contributed by atoms with E-state index in [1.165, 1.54) is 0 Å². The summed E-state index contributed by atoms with van der Waals surface area (Å²) in [5.41, 5.74) is -0.0137. The van der Waals surface area contributed by atoms with Crippen LogP contribution in [0.3, 0.4) is 0 Å². The molecule has 1 aromatic rings. The van der Waals surface area contributed by atoms with E-state index >= 15 is 0 Å². The molecule has 1 aliphatic heterocycles. The fraction of sp³-hybridized carbons (Fsp3) is 0.524. The Morgan fingerprint density at radius 2 is 1.72 bits per heavy atom. The van der Waals surface area contributed by atoms with Gasteiger partial charge in [-0.3, -0.25) is 14.5 Å². The zero-order valence-electron chi connectivity index (χ0n) is 16.8. The predicted molar refractivity (Wildman–Crippen MR) is 106 cm³/mol. The minimum Gasteiger partial charge on any atom is -0.459 e. The molecule has 2 aliphatic rings. The Balaban J connectivity index is 1.60. The molecule has 0 bridgehead atoms. The zero-order chi connectivity index (χ0) is 21.0. The normalized spacial score (nSPS) is 18.5. The molecule has 1 spiro atoms. The number of benzene rings is 1. The molecule has 1 aliphatic carbocycles. The number of rotatable bonds is 5. The van der Waals surface area contributed by atoms with E-state index in [1.54, 1.807) is 38.1 Å². The SMILES string of the molecule is CC(C)OC(=O)c1ccc(NC(=O)CN2C(=O)NC3(CCCCCC3)C2=O)cc1. The molecule has 0 atom stereocenters. The molecule has 4 amide bonds. The van der Waals surface area contributed by atoms with Crippen molar-refractivity contribution in [2.24, 2.45) is 0 Å². The molecule has 8 nitrogen and oxygen atoms in total. The molecule has 0 aromatic heterocycles. The van der Waals surface area contributed by atoms with E-state index in [0.29, 0.717) is 24.1 Å². The minimum atomic E-state index is -0.855. The molecule has 1 heterocycles. The van der Waals surface area contributed by atoms with Crippen molar-refractivity contribution in [2.75, 3.05) is 11.9 Å². The smallest absolute Gasteiger partial charge is 0.338 e. The minimum absolute atomic E-state index is 0.220. The van der Waals surface area contributed by atoms with E-state index in [2.05, 4.69) is 10.6 Å². The van der Waals surface area contributed by atoms with Crippen LogP contribution in [0.25, 0.3) is 0 Å². The summed E-state index contributed by atoms with van der Waals surface area (Å²) in [5.74, 6) is -1.23. The average molecular weight is 401 g/mol. The van der Waals surface area contributed by atoms with Gasteiger partial charge in [-0.1, -0.05) is 25.7 Å². The second kappa shape index (κ2) is 8.63. The first-order valence-electron chi connectivity index (χ1n) is 10.1. The monoisotopic (exact) mass is 401 g/mol. The maximum absolute atomic E-state index is 12.9. The van der Waals surface area contributed by atoms with Gasteiger partial charge < -0.3 is 15.4 Å². The molecule has 8 heteroatoms. The van der Waals surface area contributed by atoms with Crippen LogP contribution >= 0.6 is 0 Å². The number of carbonyl (C=O) groups is 4. The van der Waals surface area contributed by atoms with Crippen LogP contribution in [0.1, 0.15) is 62.7 Å². The van der Waals surface area contributed by atoms with Crippen molar-refractivity contribution in [3.8, 4) is 0 Å². The molecule has 0 radical (unpaired) electrons. The van der Waals surface area contributed by atoms with Crippen molar-refractivity contribution in [1.29, 1.82) is 0 Å². The number of anilines is 1. The van der Waals surface area contributed by atoms with Crippen LogP contribution in [-0.4, -0.2) is 46.9 Å². The van der Waals surface area contributed by atoms with E-state index < -0.39 is 23.4 Å². The predicted octanol–water partition coefficient (Wildman–Crippen LogP) is 2.84. The number of nitrogens with zero attached hydrogens (tertiary/aromatic N) is 1. The number of hydrogen-bond acceptors (Lipinski definition) is 5. The van der Waals surface area contributed by atoms with E-state index in [4.69, 9.17) is 4.74 Å². The van der Waals surface area contributed by atoms with E-state index in [-0.39, 0.29) is 18.6 Å². The summed E-state index contributed by atoms with van der Waals surface area (Å²) >= 11 is 0. The summed E-state index contributed by atoms with van der Waals surface area (Å²) in [6.07, 6.45) is 4.88. The van der Waals surface area contributed by atoms with Crippen LogP contribution in [0.4, 0.5) is 10.5 Å². The molecule has 2 fully saturated rings. The highest BCUT2D eigenvalue weighted by molar-refractivity contribution is 6.10. The van der Waals surface area contributed by atoms with Gasteiger partial charge in [-0.2, -0.15) is 0 Å².